The number of rotatable bonds is 8. The molecule has 0 unspecified atom stereocenters. The molecule has 1 aliphatic rings. The first-order valence-corrected chi connectivity index (χ1v) is 13.2. The molecule has 2 aromatic carbocycles. The van der Waals surface area contributed by atoms with Crippen LogP contribution in [0.25, 0.3) is 11.3 Å². The predicted molar refractivity (Wildman–Crippen MR) is 151 cm³/mol. The van der Waals surface area contributed by atoms with Crippen molar-refractivity contribution in [1.29, 1.82) is 5.41 Å². The first-order chi connectivity index (χ1) is 19.1. The lowest BCUT2D eigenvalue weighted by Crippen LogP contribution is -2.39. The second kappa shape index (κ2) is 12.4. The molecule has 0 aliphatic carbocycles. The molecule has 1 aliphatic heterocycles. The molecule has 1 aromatic heterocycles. The third-order valence-corrected chi connectivity index (χ3v) is 6.35. The molecular formula is C29H36FN5O5. The summed E-state index contributed by atoms with van der Waals surface area (Å²) >= 11 is 0. The molecule has 4 rings (SSSR count). The van der Waals surface area contributed by atoms with Crippen molar-refractivity contribution in [3.8, 4) is 17.0 Å². The highest BCUT2D eigenvalue weighted by molar-refractivity contribution is 6.12. The maximum atomic E-state index is 14.6. The van der Waals surface area contributed by atoms with Crippen LogP contribution in [0.15, 0.2) is 47.0 Å². The molecule has 3 aromatic rings. The van der Waals surface area contributed by atoms with Crippen molar-refractivity contribution in [3.05, 3.63) is 59.6 Å². The average Bonchev–Trinajstić information content (AvgIpc) is 3.27. The Labute approximate surface area is 233 Å². The highest BCUT2D eigenvalue weighted by atomic mass is 19.1. The van der Waals surface area contributed by atoms with Crippen LogP contribution in [0.4, 0.5) is 20.6 Å². The topological polar surface area (TPSA) is 127 Å². The Hall–Kier alpha value is -4.12. The lowest BCUT2D eigenvalue weighted by Gasteiger charge is -2.27. The predicted octanol–water partition coefficient (Wildman–Crippen LogP) is 4.95. The first-order valence-electron chi connectivity index (χ1n) is 13.2. The van der Waals surface area contributed by atoms with E-state index in [0.29, 0.717) is 31.9 Å². The summed E-state index contributed by atoms with van der Waals surface area (Å²) in [6, 6.07) is 12.0. The lowest BCUT2D eigenvalue weighted by atomic mass is 10.0. The van der Waals surface area contributed by atoms with E-state index in [4.69, 9.17) is 29.9 Å². The van der Waals surface area contributed by atoms with Gasteiger partial charge in [-0.1, -0.05) is 17.3 Å². The van der Waals surface area contributed by atoms with Gasteiger partial charge >= 0.3 is 6.09 Å². The van der Waals surface area contributed by atoms with Gasteiger partial charge in [0.1, 0.15) is 23.6 Å². The fourth-order valence-corrected chi connectivity index (χ4v) is 4.32. The number of carbonyl (C=O) groups excluding carboxylic acids is 1. The van der Waals surface area contributed by atoms with Crippen molar-refractivity contribution in [3.63, 3.8) is 0 Å². The zero-order chi connectivity index (χ0) is 28.9. The van der Waals surface area contributed by atoms with Crippen LogP contribution in [0.2, 0.25) is 0 Å². The van der Waals surface area contributed by atoms with E-state index in [1.165, 1.54) is 13.2 Å². The number of anilines is 2. The van der Waals surface area contributed by atoms with Crippen molar-refractivity contribution in [2.45, 2.75) is 32.8 Å². The molecule has 0 saturated carbocycles. The van der Waals surface area contributed by atoms with E-state index in [0.717, 1.165) is 30.3 Å². The van der Waals surface area contributed by atoms with E-state index in [-0.39, 0.29) is 41.2 Å². The van der Waals surface area contributed by atoms with Gasteiger partial charge in [-0.25, -0.2) is 9.18 Å². The van der Waals surface area contributed by atoms with Crippen LogP contribution >= 0.6 is 0 Å². The molecule has 11 heteroatoms. The SMILES string of the molecule is COCCOc1cc(N)c(C(=N)c2cc(-c3ccc(N4CCCN(C(=O)OC(C)(C)C)CC4)cc3)no2)cc1F. The van der Waals surface area contributed by atoms with Gasteiger partial charge < -0.3 is 34.3 Å². The van der Waals surface area contributed by atoms with Crippen LogP contribution < -0.4 is 15.4 Å². The van der Waals surface area contributed by atoms with E-state index in [9.17, 15) is 9.18 Å². The molecule has 214 valence electrons. The van der Waals surface area contributed by atoms with Gasteiger partial charge in [0.25, 0.3) is 0 Å². The number of aromatic nitrogens is 1. The summed E-state index contributed by atoms with van der Waals surface area (Å²) in [5.41, 5.74) is 8.21. The summed E-state index contributed by atoms with van der Waals surface area (Å²) < 4.78 is 35.7. The summed E-state index contributed by atoms with van der Waals surface area (Å²) in [6.07, 6.45) is 0.549. The number of benzene rings is 2. The number of hydrogen-bond acceptors (Lipinski definition) is 9. The molecule has 1 saturated heterocycles. The molecule has 3 N–H and O–H groups in total. The van der Waals surface area contributed by atoms with Crippen LogP contribution in [-0.4, -0.2) is 74.0 Å². The van der Waals surface area contributed by atoms with Crippen LogP contribution in [0.3, 0.4) is 0 Å². The molecule has 0 radical (unpaired) electrons. The maximum Gasteiger partial charge on any atom is 0.410 e. The van der Waals surface area contributed by atoms with Crippen LogP contribution in [0.1, 0.15) is 38.5 Å². The van der Waals surface area contributed by atoms with Crippen LogP contribution in [0.5, 0.6) is 5.75 Å². The van der Waals surface area contributed by atoms with Gasteiger partial charge in [-0.15, -0.1) is 0 Å². The van der Waals surface area contributed by atoms with Gasteiger partial charge in [0.05, 0.1) is 6.61 Å². The van der Waals surface area contributed by atoms with Gasteiger partial charge in [0.2, 0.25) is 0 Å². The summed E-state index contributed by atoms with van der Waals surface area (Å²) in [6.45, 7) is 8.82. The van der Waals surface area contributed by atoms with Crippen molar-refractivity contribution < 1.29 is 27.9 Å². The summed E-state index contributed by atoms with van der Waals surface area (Å²) in [7, 11) is 1.52. The van der Waals surface area contributed by atoms with Gasteiger partial charge in [-0.2, -0.15) is 0 Å². The molecular weight excluding hydrogens is 517 g/mol. The molecule has 40 heavy (non-hydrogen) atoms. The summed E-state index contributed by atoms with van der Waals surface area (Å²) in [4.78, 5) is 16.5. The molecule has 0 spiro atoms. The number of hydrogen-bond donors (Lipinski definition) is 2. The number of methoxy groups -OCH3 is 1. The lowest BCUT2D eigenvalue weighted by molar-refractivity contribution is 0.0263. The highest BCUT2D eigenvalue weighted by Gasteiger charge is 2.25. The highest BCUT2D eigenvalue weighted by Crippen LogP contribution is 2.29. The van der Waals surface area contributed by atoms with E-state index in [2.05, 4.69) is 10.1 Å². The Bertz CT molecular complexity index is 1340. The van der Waals surface area contributed by atoms with Crippen molar-refractivity contribution in [2.75, 3.05) is 57.1 Å². The van der Waals surface area contributed by atoms with E-state index >= 15 is 0 Å². The normalized spacial score (nSPS) is 14.1. The second-order valence-corrected chi connectivity index (χ2v) is 10.5. The molecule has 0 bridgehead atoms. The smallest absolute Gasteiger partial charge is 0.410 e. The third kappa shape index (κ3) is 7.09. The monoisotopic (exact) mass is 553 g/mol. The number of nitrogens with two attached hydrogens (primary N) is 1. The van der Waals surface area contributed by atoms with E-state index < -0.39 is 11.4 Å². The Morgan fingerprint density at radius 3 is 2.55 bits per heavy atom. The Balaban J connectivity index is 1.41. The van der Waals surface area contributed by atoms with Crippen LogP contribution in [0, 0.1) is 11.2 Å². The molecule has 10 nitrogen and oxygen atoms in total. The number of nitrogen functional groups attached to an aromatic ring is 1. The summed E-state index contributed by atoms with van der Waals surface area (Å²) in [5, 5.41) is 12.6. The minimum absolute atomic E-state index is 0.00796. The maximum absolute atomic E-state index is 14.6. The number of amides is 1. The third-order valence-electron chi connectivity index (χ3n) is 6.35. The Morgan fingerprint density at radius 1 is 1.10 bits per heavy atom. The zero-order valence-corrected chi connectivity index (χ0v) is 23.3. The summed E-state index contributed by atoms with van der Waals surface area (Å²) in [5.74, 6) is -0.484. The zero-order valence-electron chi connectivity index (χ0n) is 23.3. The van der Waals surface area contributed by atoms with Gasteiger partial charge in [-0.3, -0.25) is 5.41 Å². The Morgan fingerprint density at radius 2 is 1.85 bits per heavy atom. The standard InChI is InChI=1S/C29H36FN5O5/c1-29(2,3)39-28(36)35-11-5-10-34(12-13-35)20-8-6-19(7-9-20)24-18-26(40-33-24)27(32)21-16-22(30)25(17-23(21)31)38-15-14-37-4/h6-9,16-18,32H,5,10-15,31H2,1-4H3. The van der Waals surface area contributed by atoms with E-state index in [1.807, 2.05) is 45.0 Å². The van der Waals surface area contributed by atoms with Gasteiger partial charge in [0, 0.05) is 67.9 Å². The minimum atomic E-state index is -0.636. The molecule has 1 fully saturated rings. The first kappa shape index (κ1) is 28.9. The van der Waals surface area contributed by atoms with Gasteiger partial charge in [-0.05, 0) is 45.4 Å². The second-order valence-electron chi connectivity index (χ2n) is 10.5. The minimum Gasteiger partial charge on any atom is -0.488 e. The van der Waals surface area contributed by atoms with Crippen molar-refractivity contribution >= 4 is 23.2 Å². The number of ether oxygens (including phenoxy) is 3. The fourth-order valence-electron chi connectivity index (χ4n) is 4.32. The quantitative estimate of drug-likeness (QED) is 0.228. The molecule has 2 heterocycles. The molecule has 1 amide bonds. The largest absolute Gasteiger partial charge is 0.488 e. The molecule has 0 atom stereocenters. The van der Waals surface area contributed by atoms with Gasteiger partial charge in [0.15, 0.2) is 17.3 Å². The van der Waals surface area contributed by atoms with Crippen molar-refractivity contribution in [2.24, 2.45) is 0 Å². The number of halogens is 1. The number of carbonyl (C=O) groups is 1. The fraction of sp³-hybridized carbons (Fsp3) is 0.414. The van der Waals surface area contributed by atoms with Crippen molar-refractivity contribution in [1.82, 2.24) is 10.1 Å². The Kier molecular flexibility index (Phi) is 8.93. The number of nitrogens with zero attached hydrogens (tertiary/aromatic N) is 3. The number of nitrogens with one attached hydrogen (secondary N) is 1. The average molecular weight is 554 g/mol. The van der Waals surface area contributed by atoms with Crippen LogP contribution in [-0.2, 0) is 9.47 Å². The van der Waals surface area contributed by atoms with E-state index in [1.54, 1.807) is 11.0 Å².